The van der Waals surface area contributed by atoms with Crippen molar-refractivity contribution in [1.29, 1.82) is 0 Å². The number of nitrogens with two attached hydrogens (primary N) is 1. The average Bonchev–Trinajstić information content (AvgIpc) is 3.25. The van der Waals surface area contributed by atoms with Crippen molar-refractivity contribution in [1.82, 2.24) is 9.55 Å². The second-order valence-corrected chi connectivity index (χ2v) is 8.71. The van der Waals surface area contributed by atoms with Crippen LogP contribution in [-0.2, 0) is 16.1 Å². The standard InChI is InChI=1S/C24H20N4O4S/c1-14-6-8-15(9-7-14)16-12-33-23-21(16)24(31)27(13-26-23)11-20(29)28-10-19(22(25)30)32-18-5-3-2-4-17(18)28/h2-9,12-13,19H,10-11H2,1H3,(H2,25,30)/t19-/m0/s1. The molecule has 0 unspecified atom stereocenters. The lowest BCUT2D eigenvalue weighted by molar-refractivity contribution is -0.125. The van der Waals surface area contributed by atoms with E-state index in [2.05, 4.69) is 4.98 Å². The van der Waals surface area contributed by atoms with Gasteiger partial charge in [-0.3, -0.25) is 19.0 Å². The Balaban J connectivity index is 1.51. The largest absolute Gasteiger partial charge is 0.477 e. The number of hydrogen-bond donors (Lipinski definition) is 1. The number of amides is 2. The van der Waals surface area contributed by atoms with Crippen LogP contribution in [0.15, 0.2) is 65.0 Å². The molecule has 2 aromatic carbocycles. The Morgan fingerprint density at radius 1 is 1.18 bits per heavy atom. The molecule has 1 aliphatic rings. The van der Waals surface area contributed by atoms with Crippen molar-refractivity contribution in [3.8, 4) is 16.9 Å². The number of para-hydroxylation sites is 2. The van der Waals surface area contributed by atoms with Gasteiger partial charge in [0.1, 0.15) is 17.1 Å². The third-order valence-corrected chi connectivity index (χ3v) is 6.51. The third kappa shape index (κ3) is 3.76. The molecule has 0 bridgehead atoms. The summed E-state index contributed by atoms with van der Waals surface area (Å²) in [5.41, 5.74) is 8.50. The number of nitrogens with zero attached hydrogens (tertiary/aromatic N) is 3. The lowest BCUT2D eigenvalue weighted by Gasteiger charge is -2.33. The van der Waals surface area contributed by atoms with E-state index in [0.717, 1.165) is 16.7 Å². The van der Waals surface area contributed by atoms with Gasteiger partial charge in [-0.15, -0.1) is 11.3 Å². The third-order valence-electron chi connectivity index (χ3n) is 5.62. The summed E-state index contributed by atoms with van der Waals surface area (Å²) in [5, 5.41) is 2.39. The number of carbonyl (C=O) groups excluding carboxylic acids is 2. The molecule has 3 heterocycles. The number of hydrogen-bond acceptors (Lipinski definition) is 6. The van der Waals surface area contributed by atoms with E-state index < -0.39 is 12.0 Å². The minimum atomic E-state index is -0.966. The van der Waals surface area contributed by atoms with Crippen molar-refractivity contribution in [3.05, 3.63) is 76.2 Å². The van der Waals surface area contributed by atoms with Crippen LogP contribution < -0.4 is 20.9 Å². The number of carbonyl (C=O) groups is 2. The molecule has 9 heteroatoms. The van der Waals surface area contributed by atoms with Crippen molar-refractivity contribution >= 4 is 39.1 Å². The SMILES string of the molecule is Cc1ccc(-c2csc3ncn(CC(=O)N4C[C@@H](C(N)=O)Oc5ccccc54)c(=O)c23)cc1. The molecule has 33 heavy (non-hydrogen) atoms. The number of ether oxygens (including phenoxy) is 1. The van der Waals surface area contributed by atoms with E-state index >= 15 is 0 Å². The Bertz CT molecular complexity index is 1440. The molecule has 166 valence electrons. The first-order valence-corrected chi connectivity index (χ1v) is 11.2. The van der Waals surface area contributed by atoms with Gasteiger partial charge in [0.2, 0.25) is 5.91 Å². The van der Waals surface area contributed by atoms with Gasteiger partial charge in [0.15, 0.2) is 6.10 Å². The van der Waals surface area contributed by atoms with Gasteiger partial charge in [0.05, 0.1) is 23.9 Å². The monoisotopic (exact) mass is 460 g/mol. The van der Waals surface area contributed by atoms with Crippen LogP contribution in [0.2, 0.25) is 0 Å². The molecular formula is C24H20N4O4S. The Hall–Kier alpha value is -3.98. The zero-order chi connectivity index (χ0) is 23.1. The van der Waals surface area contributed by atoms with Gasteiger partial charge in [-0.1, -0.05) is 42.0 Å². The van der Waals surface area contributed by atoms with E-state index in [-0.39, 0.29) is 24.6 Å². The fourth-order valence-electron chi connectivity index (χ4n) is 3.88. The van der Waals surface area contributed by atoms with Crippen molar-refractivity contribution in [2.75, 3.05) is 11.4 Å². The van der Waals surface area contributed by atoms with Crippen LogP contribution in [0.5, 0.6) is 5.75 Å². The zero-order valence-corrected chi connectivity index (χ0v) is 18.5. The second kappa shape index (κ2) is 8.18. The summed E-state index contributed by atoms with van der Waals surface area (Å²) in [5.74, 6) is -0.641. The molecule has 2 aromatic heterocycles. The highest BCUT2D eigenvalue weighted by Crippen LogP contribution is 2.34. The summed E-state index contributed by atoms with van der Waals surface area (Å²) in [7, 11) is 0. The maximum absolute atomic E-state index is 13.3. The Labute approximate surface area is 192 Å². The van der Waals surface area contributed by atoms with Crippen LogP contribution in [0.1, 0.15) is 5.56 Å². The first kappa shape index (κ1) is 20.9. The van der Waals surface area contributed by atoms with Crippen LogP contribution in [-0.4, -0.2) is 34.0 Å². The minimum Gasteiger partial charge on any atom is -0.477 e. The van der Waals surface area contributed by atoms with Gasteiger partial charge in [-0.25, -0.2) is 4.98 Å². The molecule has 1 aliphatic heterocycles. The van der Waals surface area contributed by atoms with Crippen molar-refractivity contribution in [3.63, 3.8) is 0 Å². The number of fused-ring (bicyclic) bond motifs is 2. The molecule has 2 N–H and O–H groups in total. The molecule has 4 aromatic rings. The predicted molar refractivity (Wildman–Crippen MR) is 126 cm³/mol. The van der Waals surface area contributed by atoms with Gasteiger partial charge in [0, 0.05) is 10.9 Å². The Kier molecular flexibility index (Phi) is 5.18. The molecular weight excluding hydrogens is 440 g/mol. The number of anilines is 1. The fraction of sp³-hybridized carbons (Fsp3) is 0.167. The highest BCUT2D eigenvalue weighted by molar-refractivity contribution is 7.17. The molecule has 0 saturated carbocycles. The quantitative estimate of drug-likeness (QED) is 0.504. The van der Waals surface area contributed by atoms with Crippen molar-refractivity contribution in [2.45, 2.75) is 19.6 Å². The minimum absolute atomic E-state index is 0.0251. The maximum Gasteiger partial charge on any atom is 0.263 e. The van der Waals surface area contributed by atoms with E-state index in [4.69, 9.17) is 10.5 Å². The molecule has 1 atom stereocenters. The van der Waals surface area contributed by atoms with Crippen LogP contribution in [0, 0.1) is 6.92 Å². The molecule has 0 fully saturated rings. The average molecular weight is 461 g/mol. The summed E-state index contributed by atoms with van der Waals surface area (Å²) < 4.78 is 6.92. The van der Waals surface area contributed by atoms with Gasteiger partial charge >= 0.3 is 0 Å². The fourth-order valence-corrected chi connectivity index (χ4v) is 4.78. The first-order valence-electron chi connectivity index (χ1n) is 10.3. The number of thiophene rings is 1. The summed E-state index contributed by atoms with van der Waals surface area (Å²) >= 11 is 1.39. The summed E-state index contributed by atoms with van der Waals surface area (Å²) in [6, 6.07) is 14.8. The number of aryl methyl sites for hydroxylation is 1. The summed E-state index contributed by atoms with van der Waals surface area (Å²) in [6.07, 6.45) is 0.418. The van der Waals surface area contributed by atoms with E-state index in [0.29, 0.717) is 21.7 Å². The van der Waals surface area contributed by atoms with Gasteiger partial charge in [-0.2, -0.15) is 0 Å². The van der Waals surface area contributed by atoms with E-state index in [1.165, 1.54) is 27.1 Å². The van der Waals surface area contributed by atoms with E-state index in [9.17, 15) is 14.4 Å². The lowest BCUT2D eigenvalue weighted by Crippen LogP contribution is -2.50. The Morgan fingerprint density at radius 3 is 2.70 bits per heavy atom. The highest BCUT2D eigenvalue weighted by atomic mass is 32.1. The smallest absolute Gasteiger partial charge is 0.263 e. The Morgan fingerprint density at radius 2 is 1.94 bits per heavy atom. The lowest BCUT2D eigenvalue weighted by atomic mass is 10.1. The zero-order valence-electron chi connectivity index (χ0n) is 17.7. The maximum atomic E-state index is 13.3. The molecule has 5 rings (SSSR count). The molecule has 0 radical (unpaired) electrons. The number of rotatable bonds is 4. The van der Waals surface area contributed by atoms with Crippen LogP contribution >= 0.6 is 11.3 Å². The normalized spacial score (nSPS) is 15.2. The summed E-state index contributed by atoms with van der Waals surface area (Å²) in [4.78, 5) is 44.8. The molecule has 0 spiro atoms. The second-order valence-electron chi connectivity index (χ2n) is 7.85. The molecule has 0 saturated heterocycles. The molecule has 0 aliphatic carbocycles. The van der Waals surface area contributed by atoms with Crippen LogP contribution in [0.25, 0.3) is 21.3 Å². The van der Waals surface area contributed by atoms with Crippen molar-refractivity contribution < 1.29 is 14.3 Å². The van der Waals surface area contributed by atoms with E-state index in [1.807, 2.05) is 36.6 Å². The number of primary amides is 1. The summed E-state index contributed by atoms with van der Waals surface area (Å²) in [6.45, 7) is 1.75. The van der Waals surface area contributed by atoms with E-state index in [1.54, 1.807) is 24.3 Å². The van der Waals surface area contributed by atoms with Gasteiger partial charge < -0.3 is 15.4 Å². The molecule has 2 amide bonds. The predicted octanol–water partition coefficient (Wildman–Crippen LogP) is 2.71. The van der Waals surface area contributed by atoms with Gasteiger partial charge in [-0.05, 0) is 24.6 Å². The topological polar surface area (TPSA) is 108 Å². The number of benzene rings is 2. The van der Waals surface area contributed by atoms with Gasteiger partial charge in [0.25, 0.3) is 11.5 Å². The van der Waals surface area contributed by atoms with Crippen molar-refractivity contribution in [2.24, 2.45) is 5.73 Å². The number of aromatic nitrogens is 2. The highest BCUT2D eigenvalue weighted by Gasteiger charge is 2.32. The van der Waals surface area contributed by atoms with Crippen LogP contribution in [0.3, 0.4) is 0 Å². The first-order chi connectivity index (χ1) is 15.9. The van der Waals surface area contributed by atoms with Crippen LogP contribution in [0.4, 0.5) is 5.69 Å². The molecule has 8 nitrogen and oxygen atoms in total.